The third-order valence-electron chi connectivity index (χ3n) is 5.58. The van der Waals surface area contributed by atoms with Crippen molar-refractivity contribution in [2.24, 2.45) is 0 Å². The molecule has 1 aliphatic heterocycles. The van der Waals surface area contributed by atoms with Gasteiger partial charge < -0.3 is 9.72 Å². The minimum atomic E-state index is 0.113. The lowest BCUT2D eigenvalue weighted by Crippen LogP contribution is -2.36. The summed E-state index contributed by atoms with van der Waals surface area (Å²) in [5.74, 6) is 0.955. The van der Waals surface area contributed by atoms with Crippen LogP contribution in [0.15, 0.2) is 60.8 Å². The lowest BCUT2D eigenvalue weighted by Gasteiger charge is -2.36. The zero-order valence-corrected chi connectivity index (χ0v) is 16.0. The fourth-order valence-electron chi connectivity index (χ4n) is 4.40. The quantitative estimate of drug-likeness (QED) is 0.545. The molecule has 5 rings (SSSR count). The molecule has 142 valence electrons. The monoisotopic (exact) mass is 372 g/mol. The van der Waals surface area contributed by atoms with Gasteiger partial charge in [0, 0.05) is 47.1 Å². The number of aromatic amines is 2. The Hall–Kier alpha value is -3.05. The number of nitrogens with one attached hydrogen (secondary N) is 2. The maximum absolute atomic E-state index is 6.00. The second-order valence-electron chi connectivity index (χ2n) is 7.24. The lowest BCUT2D eigenvalue weighted by atomic mass is 9.91. The minimum absolute atomic E-state index is 0.113. The Morgan fingerprint density at radius 2 is 1.96 bits per heavy atom. The number of rotatable bonds is 5. The summed E-state index contributed by atoms with van der Waals surface area (Å²) in [4.78, 5) is 6.22. The maximum atomic E-state index is 6.00. The van der Waals surface area contributed by atoms with Gasteiger partial charge in [-0.25, -0.2) is 0 Å². The molecule has 0 saturated carbocycles. The molecule has 2 N–H and O–H groups in total. The van der Waals surface area contributed by atoms with Crippen LogP contribution in [0.4, 0.5) is 0 Å². The molecule has 0 fully saturated rings. The van der Waals surface area contributed by atoms with Gasteiger partial charge in [0.25, 0.3) is 0 Å². The summed E-state index contributed by atoms with van der Waals surface area (Å²) in [5.41, 5.74) is 6.23. The van der Waals surface area contributed by atoms with Crippen molar-refractivity contribution in [3.05, 3.63) is 83.3 Å². The molecule has 1 aliphatic rings. The van der Waals surface area contributed by atoms with E-state index in [2.05, 4.69) is 62.5 Å². The Morgan fingerprint density at radius 1 is 1.11 bits per heavy atom. The molecule has 5 heteroatoms. The standard InChI is InChI=1S/C23H24N4O/c1-2-28-21-10-6-4-8-19(21)23-22-18(17-7-3-5-9-20(17)25-22)12-14-27(23)15-16-11-13-24-26-16/h3-11,13,23,25H,2,12,14-15H2,1H3,(H,24,26). The zero-order valence-electron chi connectivity index (χ0n) is 16.0. The number of benzene rings is 2. The van der Waals surface area contributed by atoms with Crippen LogP contribution in [0, 0.1) is 0 Å². The summed E-state index contributed by atoms with van der Waals surface area (Å²) in [6.45, 7) is 4.50. The molecule has 0 saturated heterocycles. The van der Waals surface area contributed by atoms with Gasteiger partial charge in [0.05, 0.1) is 12.6 Å². The lowest BCUT2D eigenvalue weighted by molar-refractivity contribution is 0.194. The van der Waals surface area contributed by atoms with E-state index in [-0.39, 0.29) is 6.04 Å². The van der Waals surface area contributed by atoms with Crippen molar-refractivity contribution in [2.45, 2.75) is 25.9 Å². The summed E-state index contributed by atoms with van der Waals surface area (Å²) in [6.07, 6.45) is 2.84. The first-order chi connectivity index (χ1) is 13.8. The molecule has 0 bridgehead atoms. The van der Waals surface area contributed by atoms with Crippen molar-refractivity contribution >= 4 is 10.9 Å². The van der Waals surface area contributed by atoms with Crippen molar-refractivity contribution in [3.8, 4) is 5.75 Å². The van der Waals surface area contributed by atoms with Gasteiger partial charge in [0.1, 0.15) is 5.75 Å². The van der Waals surface area contributed by atoms with Crippen LogP contribution in [0.25, 0.3) is 10.9 Å². The molecule has 5 nitrogen and oxygen atoms in total. The highest BCUT2D eigenvalue weighted by Crippen LogP contribution is 2.41. The predicted molar refractivity (Wildman–Crippen MR) is 110 cm³/mol. The highest BCUT2D eigenvalue weighted by Gasteiger charge is 2.33. The number of ether oxygens (including phenoxy) is 1. The molecule has 0 radical (unpaired) electrons. The average molecular weight is 372 g/mol. The van der Waals surface area contributed by atoms with Gasteiger partial charge in [0.15, 0.2) is 0 Å². The van der Waals surface area contributed by atoms with E-state index in [1.165, 1.54) is 27.7 Å². The van der Waals surface area contributed by atoms with Crippen LogP contribution < -0.4 is 4.74 Å². The third kappa shape index (κ3) is 2.88. The Bertz CT molecular complexity index is 1080. The molecule has 1 atom stereocenters. The number of H-pyrrole nitrogens is 2. The first-order valence-electron chi connectivity index (χ1n) is 9.88. The Kier molecular flexibility index (Phi) is 4.37. The van der Waals surface area contributed by atoms with Gasteiger partial charge in [-0.2, -0.15) is 5.10 Å². The fourth-order valence-corrected chi connectivity index (χ4v) is 4.40. The molecule has 2 aromatic carbocycles. The molecule has 3 heterocycles. The summed E-state index contributed by atoms with van der Waals surface area (Å²) in [6, 6.07) is 19.2. The van der Waals surface area contributed by atoms with E-state index in [9.17, 15) is 0 Å². The van der Waals surface area contributed by atoms with Crippen LogP contribution >= 0.6 is 0 Å². The number of hydrogen-bond donors (Lipinski definition) is 2. The summed E-state index contributed by atoms with van der Waals surface area (Å²) in [5, 5.41) is 8.57. The molecule has 1 unspecified atom stereocenters. The van der Waals surface area contributed by atoms with Gasteiger partial charge in [-0.3, -0.25) is 10.00 Å². The van der Waals surface area contributed by atoms with Crippen molar-refractivity contribution < 1.29 is 4.74 Å². The van der Waals surface area contributed by atoms with Crippen molar-refractivity contribution in [1.29, 1.82) is 0 Å². The van der Waals surface area contributed by atoms with E-state index in [0.29, 0.717) is 6.61 Å². The Balaban J connectivity index is 1.66. The van der Waals surface area contributed by atoms with Crippen molar-refractivity contribution in [2.75, 3.05) is 13.2 Å². The van der Waals surface area contributed by atoms with Gasteiger partial charge in [-0.1, -0.05) is 36.4 Å². The van der Waals surface area contributed by atoms with Gasteiger partial charge in [-0.05, 0) is 37.1 Å². The van der Waals surface area contributed by atoms with Crippen LogP contribution in [0.3, 0.4) is 0 Å². The Labute approximate surface area is 164 Å². The predicted octanol–water partition coefficient (Wildman–Crippen LogP) is 4.44. The summed E-state index contributed by atoms with van der Waals surface area (Å²) >= 11 is 0. The molecule has 28 heavy (non-hydrogen) atoms. The second-order valence-corrected chi connectivity index (χ2v) is 7.24. The van der Waals surface area contributed by atoms with E-state index in [4.69, 9.17) is 4.74 Å². The highest BCUT2D eigenvalue weighted by molar-refractivity contribution is 5.85. The van der Waals surface area contributed by atoms with Crippen LogP contribution in [-0.4, -0.2) is 33.2 Å². The molecule has 0 spiro atoms. The summed E-state index contributed by atoms with van der Waals surface area (Å²) in [7, 11) is 0. The molecular formula is C23H24N4O. The average Bonchev–Trinajstić information content (AvgIpc) is 3.36. The van der Waals surface area contributed by atoms with Crippen molar-refractivity contribution in [1.82, 2.24) is 20.1 Å². The van der Waals surface area contributed by atoms with Gasteiger partial charge in [-0.15, -0.1) is 0 Å². The third-order valence-corrected chi connectivity index (χ3v) is 5.58. The number of aromatic nitrogens is 3. The maximum Gasteiger partial charge on any atom is 0.124 e. The van der Waals surface area contributed by atoms with E-state index in [1.54, 1.807) is 0 Å². The van der Waals surface area contributed by atoms with E-state index < -0.39 is 0 Å². The molecular weight excluding hydrogens is 348 g/mol. The SMILES string of the molecule is CCOc1ccccc1C1c2[nH]c3ccccc3c2CCN1Cc1ccn[nH]1. The molecule has 2 aromatic heterocycles. The highest BCUT2D eigenvalue weighted by atomic mass is 16.5. The normalized spacial score (nSPS) is 17.0. The van der Waals surface area contributed by atoms with Crippen LogP contribution in [0.5, 0.6) is 5.75 Å². The van der Waals surface area contributed by atoms with E-state index >= 15 is 0 Å². The van der Waals surface area contributed by atoms with Crippen molar-refractivity contribution in [3.63, 3.8) is 0 Å². The largest absolute Gasteiger partial charge is 0.494 e. The van der Waals surface area contributed by atoms with E-state index in [0.717, 1.165) is 31.0 Å². The number of fused-ring (bicyclic) bond motifs is 3. The second kappa shape index (κ2) is 7.17. The number of nitrogens with zero attached hydrogens (tertiary/aromatic N) is 2. The zero-order chi connectivity index (χ0) is 18.9. The molecule has 0 amide bonds. The van der Waals surface area contributed by atoms with Crippen LogP contribution in [0.2, 0.25) is 0 Å². The number of hydrogen-bond acceptors (Lipinski definition) is 3. The van der Waals surface area contributed by atoms with Gasteiger partial charge in [0.2, 0.25) is 0 Å². The summed E-state index contributed by atoms with van der Waals surface area (Å²) < 4.78 is 6.00. The van der Waals surface area contributed by atoms with Gasteiger partial charge >= 0.3 is 0 Å². The van der Waals surface area contributed by atoms with E-state index in [1.807, 2.05) is 25.3 Å². The number of para-hydroxylation sites is 2. The fraction of sp³-hybridized carbons (Fsp3) is 0.261. The molecule has 0 aliphatic carbocycles. The van der Waals surface area contributed by atoms with Crippen LogP contribution in [-0.2, 0) is 13.0 Å². The topological polar surface area (TPSA) is 56.9 Å². The smallest absolute Gasteiger partial charge is 0.124 e. The minimum Gasteiger partial charge on any atom is -0.494 e. The Morgan fingerprint density at radius 3 is 2.82 bits per heavy atom. The molecule has 4 aromatic rings. The van der Waals surface area contributed by atoms with Crippen LogP contribution in [0.1, 0.15) is 35.5 Å². The first-order valence-corrected chi connectivity index (χ1v) is 9.88. The first kappa shape index (κ1) is 17.1.